The van der Waals surface area contributed by atoms with E-state index in [1.165, 1.54) is 31.3 Å². The Hall–Kier alpha value is -8.78. The van der Waals surface area contributed by atoms with E-state index in [1.54, 1.807) is 54.6 Å². The number of halogens is 6. The first-order valence-corrected chi connectivity index (χ1v) is 22.5. The lowest BCUT2D eigenvalue weighted by molar-refractivity contribution is -0.288. The van der Waals surface area contributed by atoms with Gasteiger partial charge in [0.2, 0.25) is 5.41 Å². The third kappa shape index (κ3) is 6.76. The van der Waals surface area contributed by atoms with Crippen molar-refractivity contribution >= 4 is 29.3 Å². The molecular weight excluding hydrogens is 935 g/mol. The second-order valence-electron chi connectivity index (χ2n) is 17.8. The van der Waals surface area contributed by atoms with E-state index in [4.69, 9.17) is 9.47 Å². The van der Waals surface area contributed by atoms with Crippen molar-refractivity contribution in [1.29, 1.82) is 0 Å². The third-order valence-corrected chi connectivity index (χ3v) is 13.8. The van der Waals surface area contributed by atoms with Crippen LogP contribution in [0, 0.1) is 6.92 Å². The molecule has 8 nitrogen and oxygen atoms in total. The number of nitrogens with zero attached hydrogens (tertiary/aromatic N) is 2. The Morgan fingerprint density at radius 2 is 0.792 bits per heavy atom. The summed E-state index contributed by atoms with van der Waals surface area (Å²) < 4.78 is 101. The Bertz CT molecular complexity index is 3490. The monoisotopic (exact) mass is 970 g/mol. The van der Waals surface area contributed by atoms with Crippen LogP contribution in [0.1, 0.15) is 80.4 Å². The van der Waals surface area contributed by atoms with Gasteiger partial charge in [0.1, 0.15) is 23.0 Å². The van der Waals surface area contributed by atoms with E-state index in [9.17, 15) is 45.5 Å². The number of carbonyl (C=O) groups is 4. The standard InChI is InChI=1S/C58H36F6N2O6/c1-33-11-21-39(22-12-33)71-40-23-13-34(14-24-40)56(57(59,60)61,58(62,63)64)35-15-25-41(26-16-35)72-42-27-19-38(20-28-42)66-53(69)46-30-18-37(32-48(46)54(66)70)55(36-17-29-45-47(31-36)52(68)65(2)51(45)67)49-9-5-3-7-43(49)44-8-4-6-10-50(44)55/h3-32H,1-2H3. The maximum absolute atomic E-state index is 15.0. The minimum atomic E-state index is -5.83. The van der Waals surface area contributed by atoms with Gasteiger partial charge in [0, 0.05) is 7.05 Å². The summed E-state index contributed by atoms with van der Waals surface area (Å²) >= 11 is 0. The highest BCUT2D eigenvalue weighted by Gasteiger charge is 2.72. The summed E-state index contributed by atoms with van der Waals surface area (Å²) in [4.78, 5) is 56.9. The minimum absolute atomic E-state index is 0.0410. The summed E-state index contributed by atoms with van der Waals surface area (Å²) in [5, 5.41) is 0. The van der Waals surface area contributed by atoms with Crippen LogP contribution in [-0.4, -0.2) is 47.9 Å². The molecule has 0 bridgehead atoms. The van der Waals surface area contributed by atoms with Crippen molar-refractivity contribution in [2.24, 2.45) is 0 Å². The number of amides is 4. The third-order valence-electron chi connectivity index (χ3n) is 13.8. The Balaban J connectivity index is 0.881. The second kappa shape index (κ2) is 16.4. The van der Waals surface area contributed by atoms with Crippen LogP contribution in [0.25, 0.3) is 11.1 Å². The Morgan fingerprint density at radius 3 is 1.25 bits per heavy atom. The smallest absolute Gasteiger partial charge is 0.411 e. The van der Waals surface area contributed by atoms with Gasteiger partial charge in [-0.15, -0.1) is 0 Å². The summed E-state index contributed by atoms with van der Waals surface area (Å²) in [6.45, 7) is 1.85. The summed E-state index contributed by atoms with van der Waals surface area (Å²) in [6.07, 6.45) is -11.7. The number of hydrogen-bond acceptors (Lipinski definition) is 6. The molecule has 0 saturated heterocycles. The molecule has 0 atom stereocenters. The highest BCUT2D eigenvalue weighted by Crippen LogP contribution is 2.58. The van der Waals surface area contributed by atoms with Gasteiger partial charge in [0.15, 0.2) is 0 Å². The van der Waals surface area contributed by atoms with Gasteiger partial charge in [-0.2, -0.15) is 26.3 Å². The lowest BCUT2D eigenvalue weighted by Gasteiger charge is -2.38. The fourth-order valence-corrected chi connectivity index (χ4v) is 10.4. The van der Waals surface area contributed by atoms with E-state index in [2.05, 4.69) is 0 Å². The Morgan fingerprint density at radius 1 is 0.417 bits per heavy atom. The highest BCUT2D eigenvalue weighted by molar-refractivity contribution is 6.34. The van der Waals surface area contributed by atoms with Gasteiger partial charge in [-0.3, -0.25) is 24.1 Å². The molecule has 0 fully saturated rings. The Labute approximate surface area is 407 Å². The zero-order valence-electron chi connectivity index (χ0n) is 37.9. The predicted molar refractivity (Wildman–Crippen MR) is 255 cm³/mol. The molecule has 0 spiro atoms. The first kappa shape index (κ1) is 45.7. The van der Waals surface area contributed by atoms with Crippen LogP contribution in [0.4, 0.5) is 32.0 Å². The summed E-state index contributed by atoms with van der Waals surface area (Å²) in [6, 6.07) is 45.3. The van der Waals surface area contributed by atoms with Crippen molar-refractivity contribution in [3.05, 3.63) is 243 Å². The lowest BCUT2D eigenvalue weighted by Crippen LogP contribution is -2.54. The average Bonchev–Trinajstić information content (AvgIpc) is 3.89. The molecule has 356 valence electrons. The number of hydrogen-bond donors (Lipinski definition) is 0. The van der Waals surface area contributed by atoms with Crippen LogP contribution in [0.15, 0.2) is 182 Å². The van der Waals surface area contributed by atoms with Crippen molar-refractivity contribution < 1.29 is 55.0 Å². The predicted octanol–water partition coefficient (Wildman–Crippen LogP) is 13.4. The van der Waals surface area contributed by atoms with Gasteiger partial charge < -0.3 is 9.47 Å². The summed E-state index contributed by atoms with van der Waals surface area (Å²) in [7, 11) is 1.43. The number of imide groups is 2. The fraction of sp³-hybridized carbons (Fsp3) is 0.103. The zero-order chi connectivity index (χ0) is 50.5. The molecule has 8 aromatic rings. The van der Waals surface area contributed by atoms with Crippen LogP contribution in [0.2, 0.25) is 0 Å². The van der Waals surface area contributed by atoms with Crippen LogP contribution < -0.4 is 14.4 Å². The number of aryl methyl sites for hydroxylation is 1. The normalized spacial score (nSPS) is 14.8. The van der Waals surface area contributed by atoms with Gasteiger partial charge in [-0.25, -0.2) is 4.90 Å². The van der Waals surface area contributed by atoms with E-state index in [1.807, 2.05) is 61.5 Å². The number of ether oxygens (including phenoxy) is 2. The number of benzene rings is 8. The first-order chi connectivity index (χ1) is 34.4. The van der Waals surface area contributed by atoms with Crippen LogP contribution >= 0.6 is 0 Å². The van der Waals surface area contributed by atoms with Crippen molar-refractivity contribution in [1.82, 2.24) is 4.90 Å². The van der Waals surface area contributed by atoms with Crippen LogP contribution in [-0.2, 0) is 10.8 Å². The molecule has 0 saturated carbocycles. The zero-order valence-corrected chi connectivity index (χ0v) is 37.9. The molecule has 0 radical (unpaired) electrons. The molecule has 1 aliphatic carbocycles. The molecule has 11 rings (SSSR count). The highest BCUT2D eigenvalue weighted by atomic mass is 19.4. The molecular formula is C58H36F6N2O6. The number of carbonyl (C=O) groups excluding carboxylic acids is 4. The molecule has 0 N–H and O–H groups in total. The molecule has 14 heteroatoms. The number of fused-ring (bicyclic) bond motifs is 5. The van der Waals surface area contributed by atoms with Gasteiger partial charge in [0.05, 0.1) is 33.4 Å². The quantitative estimate of drug-likeness (QED) is 0.106. The van der Waals surface area contributed by atoms with Crippen molar-refractivity contribution in [2.45, 2.75) is 30.1 Å². The van der Waals surface area contributed by atoms with Gasteiger partial charge in [-0.1, -0.05) is 103 Å². The van der Waals surface area contributed by atoms with E-state index in [0.29, 0.717) is 29.0 Å². The fourth-order valence-electron chi connectivity index (χ4n) is 10.4. The molecule has 8 aromatic carbocycles. The topological polar surface area (TPSA) is 93.2 Å². The van der Waals surface area contributed by atoms with Crippen molar-refractivity contribution in [2.75, 3.05) is 11.9 Å². The molecule has 0 unspecified atom stereocenters. The minimum Gasteiger partial charge on any atom is -0.457 e. The summed E-state index contributed by atoms with van der Waals surface area (Å²) in [5.74, 6) is -1.68. The maximum atomic E-state index is 15.0. The van der Waals surface area contributed by atoms with Crippen LogP contribution in [0.3, 0.4) is 0 Å². The SMILES string of the molecule is Cc1ccc(Oc2ccc(C(c3ccc(Oc4ccc(N5C(=O)c6ccc(C7(c8ccc9c(c8)C(=O)N(C)C9=O)c8ccccc8-c8ccccc87)cc6C5=O)cc4)cc3)(C(F)(F)F)C(F)(F)F)cc2)cc1. The first-order valence-electron chi connectivity index (χ1n) is 22.5. The average molecular weight is 971 g/mol. The molecule has 0 aromatic heterocycles. The molecule has 2 aliphatic heterocycles. The number of rotatable bonds is 9. The van der Waals surface area contributed by atoms with Crippen LogP contribution in [0.5, 0.6) is 23.0 Å². The van der Waals surface area contributed by atoms with E-state index < -0.39 is 57.9 Å². The van der Waals surface area contributed by atoms with Crippen molar-refractivity contribution in [3.8, 4) is 34.1 Å². The van der Waals surface area contributed by atoms with E-state index in [0.717, 1.165) is 74.0 Å². The van der Waals surface area contributed by atoms with E-state index >= 15 is 0 Å². The number of anilines is 1. The number of alkyl halides is 6. The largest absolute Gasteiger partial charge is 0.457 e. The lowest BCUT2D eigenvalue weighted by atomic mass is 9.67. The summed E-state index contributed by atoms with van der Waals surface area (Å²) in [5.41, 5.74) is -0.908. The Kier molecular flexibility index (Phi) is 10.4. The molecule has 72 heavy (non-hydrogen) atoms. The molecule has 3 aliphatic rings. The van der Waals surface area contributed by atoms with Gasteiger partial charge >= 0.3 is 12.4 Å². The maximum Gasteiger partial charge on any atom is 0.411 e. The van der Waals surface area contributed by atoms with E-state index in [-0.39, 0.29) is 45.2 Å². The molecule has 2 heterocycles. The second-order valence-corrected chi connectivity index (χ2v) is 17.8. The van der Waals surface area contributed by atoms with Gasteiger partial charge in [0.25, 0.3) is 23.6 Å². The van der Waals surface area contributed by atoms with Gasteiger partial charge in [-0.05, 0) is 136 Å². The molecule has 4 amide bonds. The van der Waals surface area contributed by atoms with Crippen molar-refractivity contribution in [3.63, 3.8) is 0 Å².